The van der Waals surface area contributed by atoms with Crippen molar-refractivity contribution in [3.63, 3.8) is 0 Å². The minimum Gasteiger partial charge on any atom is -0.329 e. The van der Waals surface area contributed by atoms with Gasteiger partial charge in [0.1, 0.15) is 0 Å². The van der Waals surface area contributed by atoms with Crippen LogP contribution in [0.4, 0.5) is 0 Å². The molecule has 2 fully saturated rings. The number of hydrogen-bond donors (Lipinski definition) is 1. The number of nitrogens with zero attached hydrogens (tertiary/aromatic N) is 2. The summed E-state index contributed by atoms with van der Waals surface area (Å²) in [6, 6.07) is 0.820. The Bertz CT molecular complexity index is 218. The summed E-state index contributed by atoms with van der Waals surface area (Å²) >= 11 is 0. The maximum Gasteiger partial charge on any atom is 0.0117 e. The molecule has 1 saturated carbocycles. The highest BCUT2D eigenvalue weighted by atomic mass is 15.2. The Balaban J connectivity index is 1.68. The highest BCUT2D eigenvalue weighted by molar-refractivity contribution is 4.80. The zero-order valence-corrected chi connectivity index (χ0v) is 12.1. The molecule has 0 atom stereocenters. The van der Waals surface area contributed by atoms with E-state index in [0.717, 1.165) is 25.0 Å². The molecule has 1 aliphatic heterocycles. The molecule has 1 aliphatic carbocycles. The van der Waals surface area contributed by atoms with Crippen molar-refractivity contribution >= 4 is 0 Å². The van der Waals surface area contributed by atoms with Crippen LogP contribution < -0.4 is 5.73 Å². The van der Waals surface area contributed by atoms with Gasteiger partial charge in [-0.1, -0.05) is 19.3 Å². The van der Waals surface area contributed by atoms with Gasteiger partial charge in [0.25, 0.3) is 0 Å². The van der Waals surface area contributed by atoms with Gasteiger partial charge in [0.05, 0.1) is 0 Å². The van der Waals surface area contributed by atoms with Crippen molar-refractivity contribution in [3.8, 4) is 0 Å². The average molecular weight is 253 g/mol. The van der Waals surface area contributed by atoms with Crippen molar-refractivity contribution in [2.75, 3.05) is 39.8 Å². The maximum absolute atomic E-state index is 5.63. The van der Waals surface area contributed by atoms with Crippen LogP contribution >= 0.6 is 0 Å². The van der Waals surface area contributed by atoms with Crippen LogP contribution in [0.2, 0.25) is 0 Å². The molecule has 1 saturated heterocycles. The largest absolute Gasteiger partial charge is 0.329 e. The minimum atomic E-state index is 0.808. The van der Waals surface area contributed by atoms with Crippen LogP contribution in [0.3, 0.4) is 0 Å². The van der Waals surface area contributed by atoms with E-state index in [1.54, 1.807) is 0 Å². The number of hydrogen-bond acceptors (Lipinski definition) is 3. The van der Waals surface area contributed by atoms with E-state index < -0.39 is 0 Å². The van der Waals surface area contributed by atoms with Gasteiger partial charge in [0, 0.05) is 25.7 Å². The highest BCUT2D eigenvalue weighted by Gasteiger charge is 2.24. The molecule has 0 spiro atoms. The monoisotopic (exact) mass is 253 g/mol. The normalized spacial score (nSPS) is 24.8. The molecular weight excluding hydrogens is 222 g/mol. The fourth-order valence-electron chi connectivity index (χ4n) is 3.69. The molecule has 3 nitrogen and oxygen atoms in total. The van der Waals surface area contributed by atoms with Crippen LogP contribution in [0.1, 0.15) is 44.9 Å². The Hall–Kier alpha value is -0.120. The second-order valence-corrected chi connectivity index (χ2v) is 6.31. The van der Waals surface area contributed by atoms with E-state index in [9.17, 15) is 0 Å². The number of piperidine rings is 1. The van der Waals surface area contributed by atoms with Crippen LogP contribution in [0.15, 0.2) is 0 Å². The fraction of sp³-hybridized carbons (Fsp3) is 1.00. The fourth-order valence-corrected chi connectivity index (χ4v) is 3.69. The van der Waals surface area contributed by atoms with Crippen LogP contribution in [-0.2, 0) is 0 Å². The lowest BCUT2D eigenvalue weighted by molar-refractivity contribution is 0.110. The molecule has 0 aromatic heterocycles. The van der Waals surface area contributed by atoms with Crippen molar-refractivity contribution in [3.05, 3.63) is 0 Å². The molecule has 0 aromatic rings. The SMILES string of the molecule is CN(CC1CCCCC1)C1CCN(CCN)CC1. The minimum absolute atomic E-state index is 0.808. The van der Waals surface area contributed by atoms with Crippen molar-refractivity contribution in [2.24, 2.45) is 11.7 Å². The number of rotatable bonds is 5. The first-order valence-corrected chi connectivity index (χ1v) is 7.92. The molecule has 2 aliphatic rings. The third-order valence-electron chi connectivity index (χ3n) is 4.90. The van der Waals surface area contributed by atoms with E-state index in [4.69, 9.17) is 5.73 Å². The van der Waals surface area contributed by atoms with Gasteiger partial charge in [-0.3, -0.25) is 0 Å². The summed E-state index contributed by atoms with van der Waals surface area (Å²) in [5.74, 6) is 0.978. The molecule has 1 heterocycles. The standard InChI is InChI=1S/C15H31N3/c1-17(13-14-5-3-2-4-6-14)15-7-10-18(11-8-15)12-9-16/h14-15H,2-13,16H2,1H3. The molecule has 0 amide bonds. The number of likely N-dealkylation sites (tertiary alicyclic amines) is 1. The van der Waals surface area contributed by atoms with Crippen LogP contribution in [0, 0.1) is 5.92 Å². The van der Waals surface area contributed by atoms with Gasteiger partial charge in [0.2, 0.25) is 0 Å². The summed E-state index contributed by atoms with van der Waals surface area (Å²) < 4.78 is 0. The van der Waals surface area contributed by atoms with Gasteiger partial charge >= 0.3 is 0 Å². The molecule has 2 N–H and O–H groups in total. The van der Waals surface area contributed by atoms with Crippen molar-refractivity contribution < 1.29 is 0 Å². The highest BCUT2D eigenvalue weighted by Crippen LogP contribution is 2.25. The first kappa shape index (κ1) is 14.3. The molecule has 106 valence electrons. The predicted octanol–water partition coefficient (Wildman–Crippen LogP) is 1.92. The van der Waals surface area contributed by atoms with E-state index in [-0.39, 0.29) is 0 Å². The average Bonchev–Trinajstić information content (AvgIpc) is 2.41. The van der Waals surface area contributed by atoms with Gasteiger partial charge in [-0.15, -0.1) is 0 Å². The zero-order chi connectivity index (χ0) is 12.8. The second kappa shape index (κ2) is 7.46. The number of nitrogens with two attached hydrogens (primary N) is 1. The summed E-state index contributed by atoms with van der Waals surface area (Å²) in [6.45, 7) is 5.72. The molecule has 2 rings (SSSR count). The zero-order valence-electron chi connectivity index (χ0n) is 12.1. The Labute approximate surface area is 113 Å². The van der Waals surface area contributed by atoms with Crippen LogP contribution in [0.25, 0.3) is 0 Å². The van der Waals surface area contributed by atoms with E-state index in [1.165, 1.54) is 64.6 Å². The topological polar surface area (TPSA) is 32.5 Å². The lowest BCUT2D eigenvalue weighted by atomic mass is 9.88. The maximum atomic E-state index is 5.63. The molecule has 3 heteroatoms. The quantitative estimate of drug-likeness (QED) is 0.812. The smallest absolute Gasteiger partial charge is 0.0117 e. The Morgan fingerprint density at radius 1 is 1.06 bits per heavy atom. The molecule has 0 bridgehead atoms. The van der Waals surface area contributed by atoms with Gasteiger partial charge in [0.15, 0.2) is 0 Å². The third kappa shape index (κ3) is 4.22. The summed E-state index contributed by atoms with van der Waals surface area (Å²) in [5.41, 5.74) is 5.63. The van der Waals surface area contributed by atoms with Gasteiger partial charge in [-0.25, -0.2) is 0 Å². The summed E-state index contributed by atoms with van der Waals surface area (Å²) in [6.07, 6.45) is 10.0. The Morgan fingerprint density at radius 3 is 2.33 bits per heavy atom. The molecule has 0 radical (unpaired) electrons. The van der Waals surface area contributed by atoms with Gasteiger partial charge in [-0.2, -0.15) is 0 Å². The predicted molar refractivity (Wildman–Crippen MR) is 77.7 cm³/mol. The van der Waals surface area contributed by atoms with Gasteiger partial charge in [-0.05, 0) is 51.7 Å². The van der Waals surface area contributed by atoms with E-state index >= 15 is 0 Å². The van der Waals surface area contributed by atoms with E-state index in [1.807, 2.05) is 0 Å². The van der Waals surface area contributed by atoms with Crippen LogP contribution in [0.5, 0.6) is 0 Å². The van der Waals surface area contributed by atoms with Gasteiger partial charge < -0.3 is 15.5 Å². The lowest BCUT2D eigenvalue weighted by Crippen LogP contribution is -2.45. The third-order valence-corrected chi connectivity index (χ3v) is 4.90. The molecular formula is C15H31N3. The Morgan fingerprint density at radius 2 is 1.72 bits per heavy atom. The molecule has 18 heavy (non-hydrogen) atoms. The summed E-state index contributed by atoms with van der Waals surface area (Å²) in [5, 5.41) is 0. The second-order valence-electron chi connectivity index (χ2n) is 6.31. The summed E-state index contributed by atoms with van der Waals surface area (Å²) in [4.78, 5) is 5.17. The molecule has 0 unspecified atom stereocenters. The first-order valence-electron chi connectivity index (χ1n) is 7.92. The first-order chi connectivity index (χ1) is 8.79. The van der Waals surface area contributed by atoms with E-state index in [0.29, 0.717) is 0 Å². The summed E-state index contributed by atoms with van der Waals surface area (Å²) in [7, 11) is 2.35. The van der Waals surface area contributed by atoms with E-state index in [2.05, 4.69) is 16.8 Å². The van der Waals surface area contributed by atoms with Crippen molar-refractivity contribution in [1.82, 2.24) is 9.80 Å². The van der Waals surface area contributed by atoms with Crippen molar-refractivity contribution in [1.29, 1.82) is 0 Å². The van der Waals surface area contributed by atoms with Crippen molar-refractivity contribution in [2.45, 2.75) is 51.0 Å². The Kier molecular flexibility index (Phi) is 5.93. The molecule has 0 aromatic carbocycles. The lowest BCUT2D eigenvalue weighted by Gasteiger charge is -2.38. The van der Waals surface area contributed by atoms with Crippen LogP contribution in [-0.4, -0.2) is 55.6 Å².